The molecule has 1 aromatic carbocycles. The minimum atomic E-state index is -0.993. The highest BCUT2D eigenvalue weighted by atomic mass is 32.1. The highest BCUT2D eigenvalue weighted by Gasteiger charge is 2.06. The van der Waals surface area contributed by atoms with Crippen LogP contribution in [0.15, 0.2) is 35.2 Å². The fourth-order valence-corrected chi connectivity index (χ4v) is 2.08. The summed E-state index contributed by atoms with van der Waals surface area (Å²) in [6.07, 6.45) is 2.57. The van der Waals surface area contributed by atoms with E-state index in [1.165, 1.54) is 24.5 Å². The maximum Gasteiger partial charge on any atom is 0.328 e. The molecule has 0 unspecified atom stereocenters. The van der Waals surface area contributed by atoms with Crippen molar-refractivity contribution in [3.05, 3.63) is 46.4 Å². The molecule has 0 bridgehead atoms. The lowest BCUT2D eigenvalue weighted by atomic mass is 10.2. The summed E-state index contributed by atoms with van der Waals surface area (Å²) in [6.45, 7) is 0.365. The second kappa shape index (κ2) is 6.72. The molecule has 1 N–H and O–H groups in total. The van der Waals surface area contributed by atoms with Crippen molar-refractivity contribution in [2.45, 2.75) is 6.61 Å². The Labute approximate surface area is 120 Å². The minimum Gasteiger partial charge on any atom is -0.493 e. The molecule has 0 radical (unpaired) electrons. The second-order valence-corrected chi connectivity index (χ2v) is 4.57. The number of nitrogens with zero attached hydrogens (tertiary/aromatic N) is 1. The van der Waals surface area contributed by atoms with E-state index in [0.717, 1.165) is 17.3 Å². The number of carbonyl (C=O) groups is 1. The third-order valence-corrected chi connectivity index (χ3v) is 3.10. The molecule has 1 aromatic heterocycles. The number of thiazole rings is 1. The van der Waals surface area contributed by atoms with Gasteiger partial charge in [-0.05, 0) is 23.8 Å². The van der Waals surface area contributed by atoms with Gasteiger partial charge in [-0.1, -0.05) is 6.07 Å². The summed E-state index contributed by atoms with van der Waals surface area (Å²) in [7, 11) is 1.54. The molecule has 20 heavy (non-hydrogen) atoms. The first-order chi connectivity index (χ1) is 9.69. The first kappa shape index (κ1) is 14.1. The Balaban J connectivity index is 2.11. The monoisotopic (exact) mass is 291 g/mol. The molecule has 0 saturated heterocycles. The van der Waals surface area contributed by atoms with Crippen molar-refractivity contribution < 1.29 is 19.4 Å². The molecule has 0 aliphatic carbocycles. The quantitative estimate of drug-likeness (QED) is 0.829. The first-order valence-corrected chi connectivity index (χ1v) is 6.72. The van der Waals surface area contributed by atoms with Crippen LogP contribution < -0.4 is 9.47 Å². The van der Waals surface area contributed by atoms with Gasteiger partial charge in [0.15, 0.2) is 11.5 Å². The van der Waals surface area contributed by atoms with Crippen LogP contribution in [0.5, 0.6) is 11.5 Å². The normalized spacial score (nSPS) is 10.7. The summed E-state index contributed by atoms with van der Waals surface area (Å²) in [5.41, 5.74) is 3.33. The molecule has 0 spiro atoms. The number of hydrogen-bond donors (Lipinski definition) is 1. The fourth-order valence-electron chi connectivity index (χ4n) is 1.54. The van der Waals surface area contributed by atoms with E-state index in [-0.39, 0.29) is 0 Å². The summed E-state index contributed by atoms with van der Waals surface area (Å²) >= 11 is 1.51. The topological polar surface area (TPSA) is 68.7 Å². The fraction of sp³-hybridized carbons (Fsp3) is 0.143. The van der Waals surface area contributed by atoms with Gasteiger partial charge < -0.3 is 14.6 Å². The van der Waals surface area contributed by atoms with E-state index in [4.69, 9.17) is 14.6 Å². The molecular weight excluding hydrogens is 278 g/mol. The SMILES string of the molecule is COc1cc(C=CC(=O)O)ccc1OCc1cscn1. The summed E-state index contributed by atoms with van der Waals surface area (Å²) in [5.74, 6) is 0.147. The van der Waals surface area contributed by atoms with Gasteiger partial charge in [0.25, 0.3) is 0 Å². The van der Waals surface area contributed by atoms with Gasteiger partial charge in [0.05, 0.1) is 18.3 Å². The number of benzene rings is 1. The maximum absolute atomic E-state index is 10.5. The van der Waals surface area contributed by atoms with Gasteiger partial charge in [-0.15, -0.1) is 11.3 Å². The Kier molecular flexibility index (Phi) is 4.73. The van der Waals surface area contributed by atoms with Gasteiger partial charge >= 0.3 is 5.97 Å². The van der Waals surface area contributed by atoms with E-state index in [0.29, 0.717) is 18.1 Å². The lowest BCUT2D eigenvalue weighted by Crippen LogP contribution is -1.98. The van der Waals surface area contributed by atoms with Crippen LogP contribution in [0.25, 0.3) is 6.08 Å². The van der Waals surface area contributed by atoms with Crippen molar-refractivity contribution in [3.8, 4) is 11.5 Å². The van der Waals surface area contributed by atoms with Gasteiger partial charge in [-0.25, -0.2) is 9.78 Å². The van der Waals surface area contributed by atoms with Crippen molar-refractivity contribution in [1.29, 1.82) is 0 Å². The predicted molar refractivity (Wildman–Crippen MR) is 76.1 cm³/mol. The van der Waals surface area contributed by atoms with Crippen LogP contribution in [-0.4, -0.2) is 23.2 Å². The number of aromatic nitrogens is 1. The van der Waals surface area contributed by atoms with E-state index in [9.17, 15) is 4.79 Å². The number of carboxylic acids is 1. The zero-order chi connectivity index (χ0) is 14.4. The third kappa shape index (κ3) is 3.83. The molecule has 2 aromatic rings. The maximum atomic E-state index is 10.5. The Hall–Kier alpha value is -2.34. The summed E-state index contributed by atoms with van der Waals surface area (Å²) in [6, 6.07) is 5.22. The molecule has 0 saturated carbocycles. The number of carboxylic acid groups (broad SMARTS) is 1. The number of hydrogen-bond acceptors (Lipinski definition) is 5. The molecular formula is C14H13NO4S. The molecule has 0 aliphatic rings. The van der Waals surface area contributed by atoms with E-state index >= 15 is 0 Å². The van der Waals surface area contributed by atoms with Crippen LogP contribution in [0.1, 0.15) is 11.3 Å². The van der Waals surface area contributed by atoms with Crippen LogP contribution in [0.4, 0.5) is 0 Å². The first-order valence-electron chi connectivity index (χ1n) is 5.78. The van der Waals surface area contributed by atoms with E-state index in [1.54, 1.807) is 23.7 Å². The van der Waals surface area contributed by atoms with E-state index < -0.39 is 5.97 Å². The molecule has 0 amide bonds. The highest BCUT2D eigenvalue weighted by molar-refractivity contribution is 7.07. The lowest BCUT2D eigenvalue weighted by Gasteiger charge is -2.10. The largest absolute Gasteiger partial charge is 0.493 e. The minimum absolute atomic E-state index is 0.365. The Bertz CT molecular complexity index is 608. The number of rotatable bonds is 6. The van der Waals surface area contributed by atoms with Crippen LogP contribution in [-0.2, 0) is 11.4 Å². The van der Waals surface area contributed by atoms with Crippen molar-refractivity contribution in [1.82, 2.24) is 4.98 Å². The molecule has 0 fully saturated rings. The molecule has 6 heteroatoms. The average Bonchev–Trinajstić information content (AvgIpc) is 2.96. The lowest BCUT2D eigenvalue weighted by molar-refractivity contribution is -0.131. The zero-order valence-electron chi connectivity index (χ0n) is 10.8. The smallest absolute Gasteiger partial charge is 0.328 e. The van der Waals surface area contributed by atoms with E-state index in [1.807, 2.05) is 5.38 Å². The summed E-state index contributed by atoms with van der Waals surface area (Å²) in [4.78, 5) is 14.6. The average molecular weight is 291 g/mol. The van der Waals surface area contributed by atoms with Crippen LogP contribution in [0.3, 0.4) is 0 Å². The second-order valence-electron chi connectivity index (χ2n) is 3.85. The van der Waals surface area contributed by atoms with Crippen LogP contribution >= 0.6 is 11.3 Å². The van der Waals surface area contributed by atoms with Gasteiger partial charge in [0, 0.05) is 11.5 Å². The predicted octanol–water partition coefficient (Wildman–Crippen LogP) is 2.83. The molecule has 0 aliphatic heterocycles. The number of aliphatic carboxylic acids is 1. The summed E-state index contributed by atoms with van der Waals surface area (Å²) in [5, 5.41) is 10.5. The Morgan fingerprint density at radius 3 is 2.95 bits per heavy atom. The Morgan fingerprint density at radius 1 is 1.45 bits per heavy atom. The molecule has 104 valence electrons. The summed E-state index contributed by atoms with van der Waals surface area (Å²) < 4.78 is 10.9. The van der Waals surface area contributed by atoms with Crippen molar-refractivity contribution in [2.24, 2.45) is 0 Å². The molecule has 5 nitrogen and oxygen atoms in total. The van der Waals surface area contributed by atoms with Crippen molar-refractivity contribution in [3.63, 3.8) is 0 Å². The zero-order valence-corrected chi connectivity index (χ0v) is 11.6. The highest BCUT2D eigenvalue weighted by Crippen LogP contribution is 2.29. The third-order valence-electron chi connectivity index (χ3n) is 2.47. The number of methoxy groups -OCH3 is 1. The van der Waals surface area contributed by atoms with Gasteiger partial charge in [-0.3, -0.25) is 0 Å². The van der Waals surface area contributed by atoms with Gasteiger partial charge in [0.2, 0.25) is 0 Å². The van der Waals surface area contributed by atoms with Crippen LogP contribution in [0.2, 0.25) is 0 Å². The van der Waals surface area contributed by atoms with Crippen molar-refractivity contribution >= 4 is 23.4 Å². The standard InChI is InChI=1S/C14H13NO4S/c1-18-13-6-10(3-5-14(16)17)2-4-12(13)19-7-11-8-20-9-15-11/h2-6,8-9H,7H2,1H3,(H,16,17). The molecule has 1 heterocycles. The van der Waals surface area contributed by atoms with Crippen LogP contribution in [0, 0.1) is 0 Å². The molecule has 0 atom stereocenters. The van der Waals surface area contributed by atoms with Gasteiger partial charge in [-0.2, -0.15) is 0 Å². The number of ether oxygens (including phenoxy) is 2. The Morgan fingerprint density at radius 2 is 2.30 bits per heavy atom. The van der Waals surface area contributed by atoms with Gasteiger partial charge in [0.1, 0.15) is 6.61 Å². The van der Waals surface area contributed by atoms with Crippen molar-refractivity contribution in [2.75, 3.05) is 7.11 Å². The molecule has 2 rings (SSSR count). The van der Waals surface area contributed by atoms with E-state index in [2.05, 4.69) is 4.98 Å².